The number of rotatable bonds is 6. The Morgan fingerprint density at radius 2 is 0.800 bits per heavy atom. The molecule has 8 heteroatoms. The average Bonchev–Trinajstić information content (AvgIpc) is 1.60. The zero-order valence-corrected chi connectivity index (χ0v) is 48.4. The van der Waals surface area contributed by atoms with Gasteiger partial charge in [-0.2, -0.15) is 26.3 Å². The summed E-state index contributed by atoms with van der Waals surface area (Å²) < 4.78 is 83.7. The SMILES string of the molecule is CC12CCCCC1(C)N(c1ccc(C(F)(F)F)cc1)c1ccc(-c3ccc4c(c3)C(c3ccccc3)(c3ccccc3)c3c-4c4ccccc4c4cc(-c5ccc6c(c5)CC5(C)CCCCC5(C)N6c5ccc(C(F)(F)F)cc5)ccc34)cc1C2. The van der Waals surface area contributed by atoms with E-state index in [1.165, 1.54) is 68.4 Å². The van der Waals surface area contributed by atoms with Gasteiger partial charge in [-0.1, -0.05) is 161 Å². The highest BCUT2D eigenvalue weighted by Gasteiger charge is 2.56. The van der Waals surface area contributed by atoms with Crippen LogP contribution in [0.4, 0.5) is 49.1 Å². The molecule has 10 aromatic rings. The molecule has 0 amide bonds. The van der Waals surface area contributed by atoms with E-state index < -0.39 is 28.9 Å². The molecule has 0 saturated heterocycles. The maximum atomic E-state index is 14.0. The van der Waals surface area contributed by atoms with Crippen LogP contribution in [0.1, 0.15) is 124 Å². The van der Waals surface area contributed by atoms with Crippen LogP contribution in [0, 0.1) is 10.8 Å². The quantitative estimate of drug-likeness (QED) is 0.121. The fourth-order valence-electron chi connectivity index (χ4n) is 17.1. The van der Waals surface area contributed by atoms with Gasteiger partial charge in [0.15, 0.2) is 0 Å². The summed E-state index contributed by atoms with van der Waals surface area (Å²) in [5, 5.41) is 4.66. The number of hydrogen-bond donors (Lipinski definition) is 0. The number of fused-ring (bicyclic) bond motifs is 12. The lowest BCUT2D eigenvalue weighted by Crippen LogP contribution is -2.60. The first-order valence-corrected chi connectivity index (χ1v) is 30.3. The number of benzene rings is 10. The number of alkyl halides is 6. The van der Waals surface area contributed by atoms with E-state index in [2.05, 4.69) is 195 Å². The largest absolute Gasteiger partial charge is 0.416 e. The van der Waals surface area contributed by atoms with Crippen LogP contribution >= 0.6 is 0 Å². The Kier molecular flexibility index (Phi) is 12.0. The molecule has 2 aliphatic heterocycles. The van der Waals surface area contributed by atoms with Crippen molar-refractivity contribution < 1.29 is 26.3 Å². The summed E-state index contributed by atoms with van der Waals surface area (Å²) in [6.07, 6.45) is 1.23. The van der Waals surface area contributed by atoms with Crippen molar-refractivity contribution in [2.24, 2.45) is 10.8 Å². The zero-order valence-electron chi connectivity index (χ0n) is 48.4. The Bertz CT molecular complexity index is 4260. The molecule has 2 saturated carbocycles. The zero-order chi connectivity index (χ0) is 58.5. The number of hydrogen-bond acceptors (Lipinski definition) is 2. The van der Waals surface area contributed by atoms with Gasteiger partial charge < -0.3 is 9.80 Å². The average molecular weight is 1130 g/mol. The molecule has 2 heterocycles. The third-order valence-corrected chi connectivity index (χ3v) is 21.8. The Balaban J connectivity index is 0.901. The van der Waals surface area contributed by atoms with E-state index in [1.54, 1.807) is 24.3 Å². The standard InChI is InChI=1S/C77H66F6N2/c1-71-39-13-15-41-73(71,3)84(59-31-27-57(28-32-59)76(78,79)80)67-37-25-49(43-53(67)47-71)51-23-35-63-65(45-51)61-21-11-12-22-62(61)69-64-36-24-52(46-66(64)75(70(63)69,55-17-7-5-8-18-55)56-19-9-6-10-20-56)50-26-38-68-54(44-50)48-72(2)40-14-16-42-74(72,4)85(68)60-33-29-58(30-34-60)77(81,82)83/h5-12,17-38,43-46H,13-16,39-42,47-48H2,1-4H3. The molecule has 4 atom stereocenters. The van der Waals surface area contributed by atoms with Crippen molar-refractivity contribution in [3.05, 3.63) is 251 Å². The molecule has 85 heavy (non-hydrogen) atoms. The van der Waals surface area contributed by atoms with E-state index in [9.17, 15) is 26.3 Å². The van der Waals surface area contributed by atoms with Crippen LogP contribution in [0.25, 0.3) is 54.9 Å². The molecule has 10 aromatic carbocycles. The first-order chi connectivity index (χ1) is 40.8. The van der Waals surface area contributed by atoms with E-state index in [0.717, 1.165) is 131 Å². The summed E-state index contributed by atoms with van der Waals surface area (Å²) in [4.78, 5) is 4.73. The van der Waals surface area contributed by atoms with Crippen molar-refractivity contribution in [1.82, 2.24) is 0 Å². The number of halogens is 6. The predicted molar refractivity (Wildman–Crippen MR) is 334 cm³/mol. The molecular formula is C77H66F6N2. The molecule has 0 bridgehead atoms. The Morgan fingerprint density at radius 1 is 0.376 bits per heavy atom. The Hall–Kier alpha value is -8.10. The van der Waals surface area contributed by atoms with Gasteiger partial charge in [-0.05, 0) is 236 Å². The van der Waals surface area contributed by atoms with Crippen molar-refractivity contribution in [2.75, 3.05) is 9.80 Å². The van der Waals surface area contributed by atoms with Crippen molar-refractivity contribution in [1.29, 1.82) is 0 Å². The number of nitrogens with zero attached hydrogens (tertiary/aromatic N) is 2. The highest BCUT2D eigenvalue weighted by Crippen LogP contribution is 2.63. The topological polar surface area (TPSA) is 6.48 Å². The van der Waals surface area contributed by atoms with Gasteiger partial charge in [0.05, 0.1) is 16.5 Å². The summed E-state index contributed by atoms with van der Waals surface area (Å²) in [6, 6.07) is 70.0. The monoisotopic (exact) mass is 1130 g/mol. The lowest BCUT2D eigenvalue weighted by Gasteiger charge is -2.60. The second-order valence-corrected chi connectivity index (χ2v) is 26.2. The van der Waals surface area contributed by atoms with E-state index in [4.69, 9.17) is 0 Å². The minimum absolute atomic E-state index is 0.109. The minimum atomic E-state index is -4.42. The van der Waals surface area contributed by atoms with Crippen LogP contribution in [0.2, 0.25) is 0 Å². The fourth-order valence-corrected chi connectivity index (χ4v) is 17.1. The Labute approximate surface area is 493 Å². The van der Waals surface area contributed by atoms with E-state index in [1.807, 2.05) is 0 Å². The van der Waals surface area contributed by atoms with Crippen molar-refractivity contribution in [3.8, 4) is 33.4 Å². The summed E-state index contributed by atoms with van der Waals surface area (Å²) in [7, 11) is 0. The van der Waals surface area contributed by atoms with E-state index >= 15 is 0 Å². The van der Waals surface area contributed by atoms with Gasteiger partial charge in [-0.3, -0.25) is 0 Å². The molecule has 0 radical (unpaired) electrons. The molecule has 426 valence electrons. The fraction of sp³-hybridized carbons (Fsp3) is 0.273. The summed E-state index contributed by atoms with van der Waals surface area (Å²) >= 11 is 0. The summed E-state index contributed by atoms with van der Waals surface area (Å²) in [5.41, 5.74) is 14.8. The van der Waals surface area contributed by atoms with Gasteiger partial charge in [-0.15, -0.1) is 0 Å². The maximum absolute atomic E-state index is 14.0. The first kappa shape index (κ1) is 53.6. The summed E-state index contributed by atoms with van der Waals surface area (Å²) in [5.74, 6) is 0. The highest BCUT2D eigenvalue weighted by molar-refractivity contribution is 6.20. The molecule has 2 nitrogen and oxygen atoms in total. The van der Waals surface area contributed by atoms with Crippen LogP contribution in [0.3, 0.4) is 0 Å². The van der Waals surface area contributed by atoms with Crippen LogP contribution < -0.4 is 9.80 Å². The molecule has 2 fully saturated rings. The molecule has 5 aliphatic rings. The minimum Gasteiger partial charge on any atom is -0.335 e. The van der Waals surface area contributed by atoms with Gasteiger partial charge in [-0.25, -0.2) is 0 Å². The Morgan fingerprint density at radius 3 is 1.29 bits per heavy atom. The summed E-state index contributed by atoms with van der Waals surface area (Å²) in [6.45, 7) is 9.41. The maximum Gasteiger partial charge on any atom is 0.416 e. The third kappa shape index (κ3) is 7.91. The molecule has 4 unspecified atom stereocenters. The number of anilines is 4. The van der Waals surface area contributed by atoms with Gasteiger partial charge in [0, 0.05) is 33.8 Å². The van der Waals surface area contributed by atoms with Gasteiger partial charge in [0.1, 0.15) is 0 Å². The molecule has 0 spiro atoms. The molecular weight excluding hydrogens is 1070 g/mol. The normalized spacial score (nSPS) is 23.2. The van der Waals surface area contributed by atoms with Gasteiger partial charge >= 0.3 is 12.4 Å². The van der Waals surface area contributed by atoms with Crippen molar-refractivity contribution >= 4 is 44.3 Å². The lowest BCUT2D eigenvalue weighted by atomic mass is 9.57. The molecule has 3 aliphatic carbocycles. The first-order valence-electron chi connectivity index (χ1n) is 30.3. The van der Waals surface area contributed by atoms with E-state index in [-0.39, 0.29) is 21.9 Å². The van der Waals surface area contributed by atoms with Crippen LogP contribution in [-0.2, 0) is 30.6 Å². The van der Waals surface area contributed by atoms with Crippen molar-refractivity contribution in [3.63, 3.8) is 0 Å². The second kappa shape index (κ2) is 18.9. The lowest BCUT2D eigenvalue weighted by molar-refractivity contribution is -0.138. The van der Waals surface area contributed by atoms with Crippen LogP contribution in [-0.4, -0.2) is 11.1 Å². The molecule has 15 rings (SSSR count). The second-order valence-electron chi connectivity index (χ2n) is 26.2. The highest BCUT2D eigenvalue weighted by atomic mass is 19.4. The molecule has 0 N–H and O–H groups in total. The van der Waals surface area contributed by atoms with Gasteiger partial charge in [0.25, 0.3) is 0 Å². The van der Waals surface area contributed by atoms with Crippen molar-refractivity contribution in [2.45, 2.75) is 121 Å². The predicted octanol–water partition coefficient (Wildman–Crippen LogP) is 21.8. The van der Waals surface area contributed by atoms with Crippen LogP contribution in [0.5, 0.6) is 0 Å². The van der Waals surface area contributed by atoms with Crippen LogP contribution in [0.15, 0.2) is 206 Å². The third-order valence-electron chi connectivity index (χ3n) is 21.8. The smallest absolute Gasteiger partial charge is 0.335 e. The molecule has 0 aromatic heterocycles. The van der Waals surface area contributed by atoms with Gasteiger partial charge in [0.2, 0.25) is 0 Å². The van der Waals surface area contributed by atoms with E-state index in [0.29, 0.717) is 0 Å².